The fourth-order valence-electron chi connectivity index (χ4n) is 2.81. The number of benzene rings is 1. The average molecular weight is 288 g/mol. The third-order valence-electron chi connectivity index (χ3n) is 3.89. The van der Waals surface area contributed by atoms with Gasteiger partial charge in [0.1, 0.15) is 5.75 Å². The van der Waals surface area contributed by atoms with E-state index < -0.39 is 0 Å². The first-order valence-corrected chi connectivity index (χ1v) is 7.43. The van der Waals surface area contributed by atoms with E-state index in [9.17, 15) is 4.79 Å². The van der Waals surface area contributed by atoms with Gasteiger partial charge in [-0.15, -0.1) is 0 Å². The van der Waals surface area contributed by atoms with Crippen molar-refractivity contribution in [3.63, 3.8) is 0 Å². The molecule has 1 N–H and O–H groups in total. The van der Waals surface area contributed by atoms with Crippen molar-refractivity contribution < 1.29 is 9.53 Å². The molecule has 0 spiro atoms. The molecule has 0 radical (unpaired) electrons. The Morgan fingerprint density at radius 3 is 3.05 bits per heavy atom. The highest BCUT2D eigenvalue weighted by atomic mass is 16.5. The molecule has 21 heavy (non-hydrogen) atoms. The van der Waals surface area contributed by atoms with Crippen LogP contribution < -0.4 is 10.1 Å². The van der Waals surface area contributed by atoms with E-state index in [0.717, 1.165) is 42.8 Å². The molecule has 1 atom stereocenters. The quantitative estimate of drug-likeness (QED) is 0.845. The number of rotatable bonds is 5. The van der Waals surface area contributed by atoms with Gasteiger partial charge in [-0.1, -0.05) is 11.6 Å². The second kappa shape index (κ2) is 7.27. The summed E-state index contributed by atoms with van der Waals surface area (Å²) in [5.74, 6) is 0.870. The molecule has 1 saturated heterocycles. The van der Waals surface area contributed by atoms with Crippen LogP contribution in [0.3, 0.4) is 0 Å². The number of carbonyl (C=O) groups is 1. The molecule has 0 saturated carbocycles. The molecule has 1 amide bonds. The molecule has 0 aliphatic carbocycles. The number of likely N-dealkylation sites (tertiary alicyclic amines) is 1. The third-order valence-corrected chi connectivity index (χ3v) is 3.89. The molecule has 1 aliphatic rings. The third kappa shape index (κ3) is 3.85. The maximum absolute atomic E-state index is 12.4. The maximum atomic E-state index is 12.4. The fraction of sp³-hybridized carbons (Fsp3) is 0.471. The average Bonchev–Trinajstić information content (AvgIpc) is 2.93. The van der Waals surface area contributed by atoms with Crippen molar-refractivity contribution in [2.24, 2.45) is 0 Å². The highest BCUT2D eigenvalue weighted by Crippen LogP contribution is 2.22. The highest BCUT2D eigenvalue weighted by molar-refractivity contribution is 5.92. The number of carbonyl (C=O) groups excluding carboxylic acids is 1. The van der Waals surface area contributed by atoms with Gasteiger partial charge in [0.2, 0.25) is 5.91 Å². The molecule has 1 aromatic rings. The van der Waals surface area contributed by atoms with Crippen LogP contribution in [-0.4, -0.2) is 44.1 Å². The van der Waals surface area contributed by atoms with Crippen LogP contribution in [0.5, 0.6) is 5.75 Å². The van der Waals surface area contributed by atoms with Gasteiger partial charge in [0.15, 0.2) is 0 Å². The summed E-state index contributed by atoms with van der Waals surface area (Å²) in [7, 11) is 3.57. The van der Waals surface area contributed by atoms with Crippen molar-refractivity contribution >= 4 is 12.0 Å². The van der Waals surface area contributed by atoms with Crippen LogP contribution in [0.1, 0.15) is 24.0 Å². The number of hydrogen-bond acceptors (Lipinski definition) is 3. The summed E-state index contributed by atoms with van der Waals surface area (Å²) in [6, 6.07) is 6.27. The topological polar surface area (TPSA) is 41.6 Å². The standard InChI is InChI=1S/C17H24N2O2/c1-13-6-8-16(21-3)14(11-13)7-9-17(20)19-10-4-5-15(19)12-18-2/h6-9,11,15,18H,4-5,10,12H2,1-3H3/b9-7+. The Morgan fingerprint density at radius 1 is 1.52 bits per heavy atom. The zero-order valence-electron chi connectivity index (χ0n) is 13.1. The van der Waals surface area contributed by atoms with Gasteiger partial charge < -0.3 is 15.0 Å². The first kappa shape index (κ1) is 15.6. The number of amides is 1. The number of aryl methyl sites for hydroxylation is 1. The Hall–Kier alpha value is -1.81. The van der Waals surface area contributed by atoms with Crippen LogP contribution in [0, 0.1) is 6.92 Å². The number of methoxy groups -OCH3 is 1. The molecule has 0 aromatic heterocycles. The second-order valence-electron chi connectivity index (χ2n) is 5.46. The molecule has 1 aliphatic heterocycles. The second-order valence-corrected chi connectivity index (χ2v) is 5.46. The molecule has 4 heteroatoms. The van der Waals surface area contributed by atoms with E-state index in [1.54, 1.807) is 13.2 Å². The summed E-state index contributed by atoms with van der Waals surface area (Å²) in [6.07, 6.45) is 5.67. The Morgan fingerprint density at radius 2 is 2.33 bits per heavy atom. The summed E-state index contributed by atoms with van der Waals surface area (Å²) in [6.45, 7) is 3.73. The monoisotopic (exact) mass is 288 g/mol. The molecule has 0 bridgehead atoms. The van der Waals surface area contributed by atoms with Gasteiger partial charge in [-0.3, -0.25) is 4.79 Å². The van der Waals surface area contributed by atoms with Crippen molar-refractivity contribution in [2.45, 2.75) is 25.8 Å². The van der Waals surface area contributed by atoms with Crippen LogP contribution in [0.25, 0.3) is 6.08 Å². The Labute approximate surface area is 126 Å². The number of nitrogens with one attached hydrogen (secondary N) is 1. The van der Waals surface area contributed by atoms with Crippen molar-refractivity contribution in [3.8, 4) is 5.75 Å². The molecule has 1 unspecified atom stereocenters. The summed E-state index contributed by atoms with van der Waals surface area (Å²) in [5.41, 5.74) is 2.09. The lowest BCUT2D eigenvalue weighted by Crippen LogP contribution is -2.39. The Bertz CT molecular complexity index is 526. The van der Waals surface area contributed by atoms with Crippen molar-refractivity contribution in [3.05, 3.63) is 35.4 Å². The number of ether oxygens (including phenoxy) is 1. The maximum Gasteiger partial charge on any atom is 0.246 e. The van der Waals surface area contributed by atoms with Crippen LogP contribution in [0.2, 0.25) is 0 Å². The first-order valence-electron chi connectivity index (χ1n) is 7.43. The van der Waals surface area contributed by atoms with E-state index in [2.05, 4.69) is 5.32 Å². The van der Waals surface area contributed by atoms with Gasteiger partial charge >= 0.3 is 0 Å². The largest absolute Gasteiger partial charge is 0.496 e. The normalized spacial score (nSPS) is 18.4. The van der Waals surface area contributed by atoms with Crippen LogP contribution in [0.4, 0.5) is 0 Å². The summed E-state index contributed by atoms with van der Waals surface area (Å²) >= 11 is 0. The number of likely N-dealkylation sites (N-methyl/N-ethyl adjacent to an activating group) is 1. The predicted molar refractivity (Wildman–Crippen MR) is 85.4 cm³/mol. The highest BCUT2D eigenvalue weighted by Gasteiger charge is 2.26. The van der Waals surface area contributed by atoms with E-state index >= 15 is 0 Å². The van der Waals surface area contributed by atoms with E-state index in [4.69, 9.17) is 4.74 Å². The van der Waals surface area contributed by atoms with Crippen LogP contribution in [-0.2, 0) is 4.79 Å². The van der Waals surface area contributed by atoms with Gasteiger partial charge in [0.25, 0.3) is 0 Å². The minimum absolute atomic E-state index is 0.0799. The fourth-order valence-corrected chi connectivity index (χ4v) is 2.81. The Kier molecular flexibility index (Phi) is 5.39. The molecular formula is C17H24N2O2. The lowest BCUT2D eigenvalue weighted by atomic mass is 10.1. The Balaban J connectivity index is 2.10. The minimum atomic E-state index is 0.0799. The lowest BCUT2D eigenvalue weighted by molar-refractivity contribution is -0.126. The van der Waals surface area contributed by atoms with E-state index in [1.165, 1.54) is 0 Å². The number of nitrogens with zero attached hydrogens (tertiary/aromatic N) is 1. The van der Waals surface area contributed by atoms with Crippen LogP contribution >= 0.6 is 0 Å². The molecule has 4 nitrogen and oxygen atoms in total. The van der Waals surface area contributed by atoms with Gasteiger partial charge in [-0.05, 0) is 45.0 Å². The van der Waals surface area contributed by atoms with E-state index in [1.807, 2.05) is 43.1 Å². The molecule has 114 valence electrons. The van der Waals surface area contributed by atoms with Crippen LogP contribution in [0.15, 0.2) is 24.3 Å². The smallest absolute Gasteiger partial charge is 0.246 e. The number of hydrogen-bond donors (Lipinski definition) is 1. The predicted octanol–water partition coefficient (Wildman–Crippen LogP) is 2.23. The van der Waals surface area contributed by atoms with Crippen molar-refractivity contribution in [1.82, 2.24) is 10.2 Å². The zero-order valence-corrected chi connectivity index (χ0v) is 13.1. The van der Waals surface area contributed by atoms with Gasteiger partial charge in [-0.2, -0.15) is 0 Å². The summed E-state index contributed by atoms with van der Waals surface area (Å²) < 4.78 is 5.33. The summed E-state index contributed by atoms with van der Waals surface area (Å²) in [5, 5.41) is 3.16. The molecule has 1 fully saturated rings. The van der Waals surface area contributed by atoms with Crippen molar-refractivity contribution in [2.75, 3.05) is 27.2 Å². The van der Waals surface area contributed by atoms with E-state index in [0.29, 0.717) is 6.04 Å². The SMILES string of the molecule is CNCC1CCCN1C(=O)/C=C/c1cc(C)ccc1OC. The minimum Gasteiger partial charge on any atom is -0.496 e. The molecule has 2 rings (SSSR count). The van der Waals surface area contributed by atoms with Crippen molar-refractivity contribution in [1.29, 1.82) is 0 Å². The molecular weight excluding hydrogens is 264 g/mol. The van der Waals surface area contributed by atoms with Gasteiger partial charge in [0, 0.05) is 30.8 Å². The lowest BCUT2D eigenvalue weighted by Gasteiger charge is -2.23. The van der Waals surface area contributed by atoms with Gasteiger partial charge in [0.05, 0.1) is 7.11 Å². The summed E-state index contributed by atoms with van der Waals surface area (Å²) in [4.78, 5) is 14.3. The molecule has 1 heterocycles. The van der Waals surface area contributed by atoms with E-state index in [-0.39, 0.29) is 5.91 Å². The molecule has 1 aromatic carbocycles. The first-order chi connectivity index (χ1) is 10.2. The zero-order chi connectivity index (χ0) is 15.2. The van der Waals surface area contributed by atoms with Gasteiger partial charge in [-0.25, -0.2) is 0 Å².